The van der Waals surface area contributed by atoms with Crippen LogP contribution in [0.15, 0.2) is 30.3 Å². The minimum Gasteiger partial charge on any atom is -0.480 e. The molecule has 1 aromatic carbocycles. The second-order valence-electron chi connectivity index (χ2n) is 4.51. The summed E-state index contributed by atoms with van der Waals surface area (Å²) >= 11 is 0. The summed E-state index contributed by atoms with van der Waals surface area (Å²) in [6, 6.07) is 7.80. The Kier molecular flexibility index (Phi) is 9.78. The van der Waals surface area contributed by atoms with Gasteiger partial charge in [0.25, 0.3) is 0 Å². The van der Waals surface area contributed by atoms with Gasteiger partial charge >= 0.3 is 11.9 Å². The fraction of sp³-hybridized carbons (Fsp3) is 0.429. The summed E-state index contributed by atoms with van der Waals surface area (Å²) in [5, 5.41) is 16.8. The standard InChI is InChI=1S/C9H11NO2.C5H12N2O2/c10-8(9(11)12)6-7-4-2-1-3-5-7;6-3-1-2-4(7)5(8)9/h1-5,8H,6,10H2,(H,11,12);4H,1-3,6-7H2,(H,8,9)/t8-;4-/m00/s1. The van der Waals surface area contributed by atoms with Gasteiger partial charge in [0, 0.05) is 0 Å². The fourth-order valence-electron chi connectivity index (χ4n) is 1.42. The summed E-state index contributed by atoms with van der Waals surface area (Å²) in [6.45, 7) is 0.501. The molecule has 0 heterocycles. The van der Waals surface area contributed by atoms with E-state index in [4.69, 9.17) is 27.4 Å². The molecule has 0 aliphatic heterocycles. The van der Waals surface area contributed by atoms with E-state index in [9.17, 15) is 9.59 Å². The maximum atomic E-state index is 10.4. The van der Waals surface area contributed by atoms with Gasteiger partial charge in [-0.25, -0.2) is 0 Å². The van der Waals surface area contributed by atoms with E-state index in [1.807, 2.05) is 30.3 Å². The summed E-state index contributed by atoms with van der Waals surface area (Å²) in [5.41, 5.74) is 16.6. The van der Waals surface area contributed by atoms with Gasteiger partial charge in [-0.15, -0.1) is 0 Å². The lowest BCUT2D eigenvalue weighted by atomic mass is 10.1. The first kappa shape index (κ1) is 19.0. The highest BCUT2D eigenvalue weighted by Gasteiger charge is 2.11. The molecule has 0 aliphatic rings. The number of hydrogen-bond donors (Lipinski definition) is 5. The topological polar surface area (TPSA) is 153 Å². The number of benzene rings is 1. The molecule has 7 nitrogen and oxygen atoms in total. The Morgan fingerprint density at radius 1 is 1.00 bits per heavy atom. The minimum atomic E-state index is -0.959. The molecule has 0 saturated heterocycles. The Bertz CT molecular complexity index is 425. The third-order valence-electron chi connectivity index (χ3n) is 2.65. The maximum Gasteiger partial charge on any atom is 0.320 e. The largest absolute Gasteiger partial charge is 0.480 e. The molecule has 0 unspecified atom stereocenters. The second-order valence-corrected chi connectivity index (χ2v) is 4.51. The zero-order valence-corrected chi connectivity index (χ0v) is 11.8. The van der Waals surface area contributed by atoms with Gasteiger partial charge in [0.2, 0.25) is 0 Å². The molecule has 0 bridgehead atoms. The quantitative estimate of drug-likeness (QED) is 0.466. The van der Waals surface area contributed by atoms with Crippen LogP contribution in [-0.4, -0.2) is 40.8 Å². The highest BCUT2D eigenvalue weighted by atomic mass is 16.4. The van der Waals surface area contributed by atoms with Crippen molar-refractivity contribution in [1.29, 1.82) is 0 Å². The van der Waals surface area contributed by atoms with E-state index in [-0.39, 0.29) is 0 Å². The molecule has 0 aromatic heterocycles. The van der Waals surface area contributed by atoms with Crippen LogP contribution in [0, 0.1) is 0 Å². The van der Waals surface area contributed by atoms with Crippen LogP contribution >= 0.6 is 0 Å². The molecule has 0 fully saturated rings. The van der Waals surface area contributed by atoms with Crippen molar-refractivity contribution < 1.29 is 19.8 Å². The molecule has 8 N–H and O–H groups in total. The number of rotatable bonds is 7. The van der Waals surface area contributed by atoms with Crippen molar-refractivity contribution in [3.05, 3.63) is 35.9 Å². The first-order chi connectivity index (χ1) is 9.88. The zero-order valence-electron chi connectivity index (χ0n) is 11.8. The number of aliphatic carboxylic acids is 2. The molecular weight excluding hydrogens is 274 g/mol. The minimum absolute atomic E-state index is 0.385. The molecule has 21 heavy (non-hydrogen) atoms. The predicted molar refractivity (Wildman–Crippen MR) is 79.7 cm³/mol. The van der Waals surface area contributed by atoms with Crippen molar-refractivity contribution in [1.82, 2.24) is 0 Å². The third kappa shape index (κ3) is 9.55. The Morgan fingerprint density at radius 2 is 1.52 bits per heavy atom. The lowest BCUT2D eigenvalue weighted by Gasteiger charge is -2.04. The molecule has 0 amide bonds. The van der Waals surface area contributed by atoms with Crippen LogP contribution in [0.25, 0.3) is 0 Å². The van der Waals surface area contributed by atoms with Crippen LogP contribution in [0.5, 0.6) is 0 Å². The van der Waals surface area contributed by atoms with Gasteiger partial charge in [0.05, 0.1) is 0 Å². The van der Waals surface area contributed by atoms with Crippen LogP contribution in [0.1, 0.15) is 18.4 Å². The number of carbonyl (C=O) groups is 2. The predicted octanol–water partition coefficient (Wildman–Crippen LogP) is -0.222. The molecule has 0 aliphatic carbocycles. The number of carboxylic acid groups (broad SMARTS) is 2. The van der Waals surface area contributed by atoms with Crippen LogP contribution in [-0.2, 0) is 16.0 Å². The summed E-state index contributed by atoms with van der Waals surface area (Å²) in [5.74, 6) is -1.91. The van der Waals surface area contributed by atoms with E-state index < -0.39 is 24.0 Å². The molecule has 0 radical (unpaired) electrons. The highest BCUT2D eigenvalue weighted by molar-refractivity contribution is 5.73. The first-order valence-corrected chi connectivity index (χ1v) is 6.59. The third-order valence-corrected chi connectivity index (χ3v) is 2.65. The Balaban J connectivity index is 0.000000400. The normalized spacial score (nSPS) is 12.7. The van der Waals surface area contributed by atoms with Crippen LogP contribution in [0.2, 0.25) is 0 Å². The summed E-state index contributed by atoms with van der Waals surface area (Å²) in [4.78, 5) is 20.4. The van der Waals surface area contributed by atoms with E-state index in [1.54, 1.807) is 0 Å². The molecule has 7 heteroatoms. The van der Waals surface area contributed by atoms with E-state index in [0.29, 0.717) is 25.8 Å². The Labute approximate surface area is 123 Å². The Hall–Kier alpha value is -1.96. The van der Waals surface area contributed by atoms with Gasteiger partial charge in [-0.05, 0) is 31.4 Å². The van der Waals surface area contributed by atoms with Gasteiger partial charge in [-0.2, -0.15) is 0 Å². The van der Waals surface area contributed by atoms with Crippen molar-refractivity contribution in [2.24, 2.45) is 17.2 Å². The van der Waals surface area contributed by atoms with Crippen molar-refractivity contribution in [3.63, 3.8) is 0 Å². The smallest absolute Gasteiger partial charge is 0.320 e. The van der Waals surface area contributed by atoms with E-state index in [2.05, 4.69) is 0 Å². The monoisotopic (exact) mass is 297 g/mol. The van der Waals surface area contributed by atoms with Gasteiger partial charge in [-0.3, -0.25) is 9.59 Å². The van der Waals surface area contributed by atoms with Crippen LogP contribution in [0.4, 0.5) is 0 Å². The average Bonchev–Trinajstić information content (AvgIpc) is 2.46. The molecule has 1 rings (SSSR count). The zero-order chi connectivity index (χ0) is 16.3. The molecule has 2 atom stereocenters. The van der Waals surface area contributed by atoms with E-state index >= 15 is 0 Å². The van der Waals surface area contributed by atoms with Crippen molar-refractivity contribution in [3.8, 4) is 0 Å². The van der Waals surface area contributed by atoms with Crippen molar-refractivity contribution in [2.75, 3.05) is 6.54 Å². The van der Waals surface area contributed by atoms with E-state index in [0.717, 1.165) is 5.56 Å². The molecule has 0 saturated carbocycles. The SMILES string of the molecule is NCCC[C@H](N)C(=O)O.N[C@@H](Cc1ccccc1)C(=O)O. The number of carboxylic acids is 2. The summed E-state index contributed by atoms with van der Waals surface area (Å²) in [7, 11) is 0. The number of nitrogens with two attached hydrogens (primary N) is 3. The van der Waals surface area contributed by atoms with Gasteiger partial charge in [-0.1, -0.05) is 30.3 Å². The number of hydrogen-bond acceptors (Lipinski definition) is 5. The first-order valence-electron chi connectivity index (χ1n) is 6.59. The van der Waals surface area contributed by atoms with E-state index in [1.165, 1.54) is 0 Å². The fourth-order valence-corrected chi connectivity index (χ4v) is 1.42. The lowest BCUT2D eigenvalue weighted by Crippen LogP contribution is -2.32. The molecular formula is C14H23N3O4. The molecule has 1 aromatic rings. The second kappa shape index (κ2) is 10.8. The summed E-state index contributed by atoms with van der Waals surface area (Å²) in [6.07, 6.45) is 1.52. The highest BCUT2D eigenvalue weighted by Crippen LogP contribution is 2.01. The van der Waals surface area contributed by atoms with Gasteiger partial charge < -0.3 is 27.4 Å². The molecule has 0 spiro atoms. The average molecular weight is 297 g/mol. The summed E-state index contributed by atoms with van der Waals surface area (Å²) < 4.78 is 0. The van der Waals surface area contributed by atoms with Gasteiger partial charge in [0.1, 0.15) is 12.1 Å². The van der Waals surface area contributed by atoms with Crippen molar-refractivity contribution in [2.45, 2.75) is 31.3 Å². The maximum absolute atomic E-state index is 10.4. The van der Waals surface area contributed by atoms with Crippen LogP contribution in [0.3, 0.4) is 0 Å². The van der Waals surface area contributed by atoms with Gasteiger partial charge in [0.15, 0.2) is 0 Å². The Morgan fingerprint density at radius 3 is 1.95 bits per heavy atom. The molecule has 118 valence electrons. The van der Waals surface area contributed by atoms with Crippen LogP contribution < -0.4 is 17.2 Å². The van der Waals surface area contributed by atoms with Crippen molar-refractivity contribution >= 4 is 11.9 Å². The lowest BCUT2D eigenvalue weighted by molar-refractivity contribution is -0.139.